The van der Waals surface area contributed by atoms with E-state index in [1.54, 1.807) is 24.3 Å². The van der Waals surface area contributed by atoms with Gasteiger partial charge in [-0.1, -0.05) is 23.8 Å². The van der Waals surface area contributed by atoms with E-state index in [4.69, 9.17) is 29.6 Å². The van der Waals surface area contributed by atoms with E-state index in [2.05, 4.69) is 4.98 Å². The van der Waals surface area contributed by atoms with Crippen molar-refractivity contribution in [2.45, 2.75) is 0 Å². The summed E-state index contributed by atoms with van der Waals surface area (Å²) in [5.41, 5.74) is 6.75. The fraction of sp³-hybridized carbons (Fsp3) is 0. The number of fused-ring (bicyclic) bond motifs is 1. The van der Waals surface area contributed by atoms with E-state index in [-0.39, 0.29) is 27.0 Å². The van der Waals surface area contributed by atoms with Crippen LogP contribution >= 0.6 is 23.8 Å². The van der Waals surface area contributed by atoms with E-state index in [0.717, 1.165) is 4.90 Å². The van der Waals surface area contributed by atoms with Crippen LogP contribution < -0.4 is 10.6 Å². The van der Waals surface area contributed by atoms with Gasteiger partial charge in [0.05, 0.1) is 16.3 Å². The molecule has 0 saturated carbocycles. The number of benzene rings is 1. The number of pyridine rings is 1. The molecule has 2 N–H and O–H groups in total. The first-order valence-corrected chi connectivity index (χ1v) is 6.72. The third kappa shape index (κ3) is 2.09. The van der Waals surface area contributed by atoms with Gasteiger partial charge in [0.2, 0.25) is 0 Å². The number of rotatable bonds is 2. The van der Waals surface area contributed by atoms with E-state index < -0.39 is 11.8 Å². The molecule has 104 valence electrons. The highest BCUT2D eigenvalue weighted by atomic mass is 35.5. The van der Waals surface area contributed by atoms with Gasteiger partial charge in [-0.3, -0.25) is 14.6 Å². The van der Waals surface area contributed by atoms with Crippen LogP contribution in [0.2, 0.25) is 5.02 Å². The van der Waals surface area contributed by atoms with Gasteiger partial charge in [0.1, 0.15) is 10.7 Å². The van der Waals surface area contributed by atoms with Gasteiger partial charge >= 0.3 is 0 Å². The topological polar surface area (TPSA) is 76.3 Å². The van der Waals surface area contributed by atoms with E-state index in [9.17, 15) is 9.59 Å². The van der Waals surface area contributed by atoms with Gasteiger partial charge in [-0.15, -0.1) is 0 Å². The van der Waals surface area contributed by atoms with Crippen molar-refractivity contribution in [1.29, 1.82) is 0 Å². The minimum Gasteiger partial charge on any atom is -0.389 e. The molecule has 0 saturated heterocycles. The van der Waals surface area contributed by atoms with E-state index in [0.29, 0.717) is 5.56 Å². The molecule has 1 aromatic carbocycles. The maximum absolute atomic E-state index is 12.3. The lowest BCUT2D eigenvalue weighted by Gasteiger charge is -2.15. The Balaban J connectivity index is 2.09. The average molecular weight is 318 g/mol. The number of nitrogens with two attached hydrogens (primary N) is 1. The lowest BCUT2D eigenvalue weighted by molar-refractivity contribution is 0.0924. The summed E-state index contributed by atoms with van der Waals surface area (Å²) < 4.78 is 0. The number of amides is 2. The highest BCUT2D eigenvalue weighted by Crippen LogP contribution is 2.33. The quantitative estimate of drug-likeness (QED) is 0.678. The SMILES string of the molecule is NC(=S)c1ccc(N2C(=O)c3cccnc3C2=O)c(Cl)c1. The predicted octanol–water partition coefficient (Wildman–Crippen LogP) is 2.17. The van der Waals surface area contributed by atoms with Gasteiger partial charge in [-0.05, 0) is 30.3 Å². The number of hydrogen-bond donors (Lipinski definition) is 1. The first-order chi connectivity index (χ1) is 10.0. The third-order valence-corrected chi connectivity index (χ3v) is 3.66. The van der Waals surface area contributed by atoms with Gasteiger partial charge in [0.15, 0.2) is 0 Å². The van der Waals surface area contributed by atoms with Crippen LogP contribution in [0.15, 0.2) is 36.5 Å². The Morgan fingerprint density at radius 1 is 1.24 bits per heavy atom. The molecule has 0 radical (unpaired) electrons. The van der Waals surface area contributed by atoms with Gasteiger partial charge in [-0.25, -0.2) is 4.90 Å². The number of carbonyl (C=O) groups is 2. The second-order valence-corrected chi connectivity index (χ2v) is 5.22. The van der Waals surface area contributed by atoms with Crippen LogP contribution in [0.3, 0.4) is 0 Å². The molecule has 7 heteroatoms. The Bertz CT molecular complexity index is 772. The Morgan fingerprint density at radius 3 is 2.62 bits per heavy atom. The van der Waals surface area contributed by atoms with Crippen LogP contribution in [-0.2, 0) is 0 Å². The molecule has 1 aliphatic heterocycles. The molecule has 3 rings (SSSR count). The van der Waals surface area contributed by atoms with Gasteiger partial charge in [0.25, 0.3) is 11.8 Å². The standard InChI is InChI=1S/C14H8ClN3O2S/c15-9-6-7(12(16)21)3-4-10(9)18-13(19)8-2-1-5-17-11(8)14(18)20/h1-6H,(H2,16,21). The van der Waals surface area contributed by atoms with Crippen LogP contribution in [0.4, 0.5) is 5.69 Å². The highest BCUT2D eigenvalue weighted by molar-refractivity contribution is 7.80. The van der Waals surface area contributed by atoms with Crippen molar-refractivity contribution in [2.24, 2.45) is 5.73 Å². The van der Waals surface area contributed by atoms with Crippen LogP contribution in [-0.4, -0.2) is 21.8 Å². The summed E-state index contributed by atoms with van der Waals surface area (Å²) in [6.45, 7) is 0. The van der Waals surface area contributed by atoms with Crippen molar-refractivity contribution >= 4 is 46.3 Å². The average Bonchev–Trinajstić information content (AvgIpc) is 2.72. The summed E-state index contributed by atoms with van der Waals surface area (Å²) in [4.78, 5) is 29.8. The summed E-state index contributed by atoms with van der Waals surface area (Å²) in [6.07, 6.45) is 1.46. The zero-order valence-electron chi connectivity index (χ0n) is 10.5. The van der Waals surface area contributed by atoms with Crippen LogP contribution in [0, 0.1) is 0 Å². The largest absolute Gasteiger partial charge is 0.389 e. The molecule has 0 fully saturated rings. The minimum absolute atomic E-state index is 0.122. The smallest absolute Gasteiger partial charge is 0.284 e. The monoisotopic (exact) mass is 317 g/mol. The molecular formula is C14H8ClN3O2S. The Kier molecular flexibility index (Phi) is 3.19. The predicted molar refractivity (Wildman–Crippen MR) is 82.7 cm³/mol. The number of carbonyl (C=O) groups excluding carboxylic acids is 2. The number of imide groups is 1. The minimum atomic E-state index is -0.499. The molecule has 2 amide bonds. The van der Waals surface area contributed by atoms with Crippen molar-refractivity contribution in [3.63, 3.8) is 0 Å². The lowest BCUT2D eigenvalue weighted by Crippen LogP contribution is -2.30. The summed E-state index contributed by atoms with van der Waals surface area (Å²) in [7, 11) is 0. The maximum Gasteiger partial charge on any atom is 0.284 e. The number of halogens is 1. The molecule has 0 bridgehead atoms. The lowest BCUT2D eigenvalue weighted by atomic mass is 10.2. The third-order valence-electron chi connectivity index (χ3n) is 3.12. The molecule has 0 aliphatic carbocycles. The van der Waals surface area contributed by atoms with Crippen LogP contribution in [0.1, 0.15) is 26.4 Å². The molecule has 5 nitrogen and oxygen atoms in total. The molecule has 2 aromatic rings. The van der Waals surface area contributed by atoms with E-state index in [1.165, 1.54) is 12.3 Å². The first-order valence-electron chi connectivity index (χ1n) is 5.94. The first kappa shape index (κ1) is 13.7. The van der Waals surface area contributed by atoms with Gasteiger partial charge in [-0.2, -0.15) is 0 Å². The summed E-state index contributed by atoms with van der Waals surface area (Å²) in [5, 5.41) is 0.217. The summed E-state index contributed by atoms with van der Waals surface area (Å²) in [5.74, 6) is -0.950. The number of aromatic nitrogens is 1. The number of anilines is 1. The van der Waals surface area contributed by atoms with Crippen molar-refractivity contribution < 1.29 is 9.59 Å². The molecule has 1 aromatic heterocycles. The number of thiocarbonyl (C=S) groups is 1. The molecule has 0 unspecified atom stereocenters. The molecule has 2 heterocycles. The molecule has 1 aliphatic rings. The summed E-state index contributed by atoms with van der Waals surface area (Å²) in [6, 6.07) is 7.83. The highest BCUT2D eigenvalue weighted by Gasteiger charge is 2.38. The van der Waals surface area contributed by atoms with Gasteiger partial charge in [0, 0.05) is 11.8 Å². The molecule has 0 atom stereocenters. The van der Waals surface area contributed by atoms with Crippen molar-refractivity contribution in [2.75, 3.05) is 4.90 Å². The van der Waals surface area contributed by atoms with E-state index >= 15 is 0 Å². The second-order valence-electron chi connectivity index (χ2n) is 4.38. The zero-order valence-corrected chi connectivity index (χ0v) is 12.1. The number of hydrogen-bond acceptors (Lipinski definition) is 4. The van der Waals surface area contributed by atoms with Crippen molar-refractivity contribution in [3.8, 4) is 0 Å². The fourth-order valence-corrected chi connectivity index (χ4v) is 2.52. The number of nitrogens with zero attached hydrogens (tertiary/aromatic N) is 2. The van der Waals surface area contributed by atoms with Crippen molar-refractivity contribution in [1.82, 2.24) is 4.98 Å². The van der Waals surface area contributed by atoms with Gasteiger partial charge < -0.3 is 5.73 Å². The second kappa shape index (κ2) is 4.91. The normalized spacial score (nSPS) is 13.5. The summed E-state index contributed by atoms with van der Waals surface area (Å²) >= 11 is 11.0. The zero-order chi connectivity index (χ0) is 15.1. The van der Waals surface area contributed by atoms with E-state index in [1.807, 2.05) is 0 Å². The van der Waals surface area contributed by atoms with Crippen molar-refractivity contribution in [3.05, 3.63) is 58.4 Å². The Labute approximate surface area is 130 Å². The Hall–Kier alpha value is -2.31. The maximum atomic E-state index is 12.3. The molecule has 0 spiro atoms. The van der Waals surface area contributed by atoms with Crippen LogP contribution in [0.5, 0.6) is 0 Å². The van der Waals surface area contributed by atoms with Crippen LogP contribution in [0.25, 0.3) is 0 Å². The molecular weight excluding hydrogens is 310 g/mol. The Morgan fingerprint density at radius 2 is 2.00 bits per heavy atom. The fourth-order valence-electron chi connectivity index (χ4n) is 2.13. The molecule has 21 heavy (non-hydrogen) atoms.